The minimum Gasteiger partial charge on any atom is -0.545 e. The van der Waals surface area contributed by atoms with E-state index in [0.29, 0.717) is 11.4 Å². The minimum atomic E-state index is -1.34. The summed E-state index contributed by atoms with van der Waals surface area (Å²) in [6.07, 6.45) is 5.25. The van der Waals surface area contributed by atoms with Gasteiger partial charge in [0.05, 0.1) is 45.8 Å². The molecule has 0 spiro atoms. The molecule has 0 unspecified atom stereocenters. The topological polar surface area (TPSA) is 206 Å². The Morgan fingerprint density at radius 1 is 0.514 bits per heavy atom. The maximum atomic E-state index is 10.8. The third-order valence-electron chi connectivity index (χ3n) is 4.53. The van der Waals surface area contributed by atoms with Crippen LogP contribution in [0.15, 0.2) is 73.3 Å². The van der Waals surface area contributed by atoms with Crippen molar-refractivity contribution in [2.24, 2.45) is 0 Å². The van der Waals surface area contributed by atoms with Crippen LogP contribution in [0.5, 0.6) is 0 Å². The summed E-state index contributed by atoms with van der Waals surface area (Å²) in [5, 5.41) is 39.1. The number of aromatic nitrogens is 4. The van der Waals surface area contributed by atoms with Crippen molar-refractivity contribution in [3.05, 3.63) is 95.6 Å². The fraction of sp³-hybridized carbons (Fsp3) is 0. The van der Waals surface area contributed by atoms with Crippen LogP contribution in [0.1, 0.15) is 41.4 Å². The van der Waals surface area contributed by atoms with Gasteiger partial charge in [-0.3, -0.25) is 19.9 Å². The number of pyridine rings is 4. The fourth-order valence-electron chi connectivity index (χ4n) is 2.80. The zero-order chi connectivity index (χ0) is 26.2. The number of rotatable bonds is 6. The molecule has 0 aromatic carbocycles. The van der Waals surface area contributed by atoms with Gasteiger partial charge in [0.1, 0.15) is 0 Å². The summed E-state index contributed by atoms with van der Waals surface area (Å²) in [6, 6.07) is 10.5. The van der Waals surface area contributed by atoms with Gasteiger partial charge in [-0.25, -0.2) is 9.59 Å². The van der Waals surface area contributed by atoms with Crippen LogP contribution in [-0.4, -0.2) is 54.0 Å². The summed E-state index contributed by atoms with van der Waals surface area (Å²) >= 11 is 0. The molecule has 0 fully saturated rings. The molecule has 0 aliphatic carbocycles. The molecular weight excluding hydrogens is 573 g/mol. The molecule has 2 N–H and O–H groups in total. The van der Waals surface area contributed by atoms with Crippen LogP contribution in [-0.2, 0) is 19.5 Å². The van der Waals surface area contributed by atoms with Gasteiger partial charge in [0.25, 0.3) is 0 Å². The van der Waals surface area contributed by atoms with Gasteiger partial charge in [-0.05, 0) is 48.5 Å². The fourth-order valence-corrected chi connectivity index (χ4v) is 2.80. The number of hydrogen-bond acceptors (Lipinski definition) is 10. The molecule has 0 radical (unpaired) electrons. The van der Waals surface area contributed by atoms with Crippen LogP contribution >= 0.6 is 0 Å². The first-order valence-electron chi connectivity index (χ1n) is 9.90. The second-order valence-corrected chi connectivity index (χ2v) is 6.90. The van der Waals surface area contributed by atoms with Gasteiger partial charge >= 0.3 is 31.4 Å². The molecule has 0 atom stereocenters. The first-order chi connectivity index (χ1) is 17.2. The third kappa shape index (κ3) is 7.54. The maximum Gasteiger partial charge on any atom is 2.00 e. The van der Waals surface area contributed by atoms with Gasteiger partial charge in [0.2, 0.25) is 0 Å². The molecule has 0 aliphatic heterocycles. The van der Waals surface area contributed by atoms with Gasteiger partial charge in [-0.2, -0.15) is 0 Å². The summed E-state index contributed by atoms with van der Waals surface area (Å²) in [7, 11) is 0. The molecule has 37 heavy (non-hydrogen) atoms. The summed E-state index contributed by atoms with van der Waals surface area (Å²) in [4.78, 5) is 58.8. The monoisotopic (exact) mass is 588 g/mol. The van der Waals surface area contributed by atoms with Gasteiger partial charge in [-0.1, -0.05) is 0 Å². The van der Waals surface area contributed by atoms with Gasteiger partial charge in [-0.15, -0.1) is 0 Å². The Hall–Kier alpha value is -4.90. The summed E-state index contributed by atoms with van der Waals surface area (Å²) in [5.74, 6) is -4.83. The molecule has 0 saturated carbocycles. The molecule has 4 rings (SSSR count). The summed E-state index contributed by atoms with van der Waals surface area (Å²) in [5.41, 5.74) is 1.17. The molecule has 12 nitrogen and oxygen atoms in total. The van der Waals surface area contributed by atoms with E-state index in [4.69, 9.17) is 10.2 Å². The van der Waals surface area contributed by atoms with Crippen LogP contribution in [0.3, 0.4) is 0 Å². The standard InChI is InChI=1S/2C12H8N2O4.Ru/c2*15-11(16)7-1-3-13-9(5-7)10-6-8(12(17)18)2-4-14-10;/h2*1-6H,(H,15,16)(H,17,18);/q;;+2/p-2. The van der Waals surface area contributed by atoms with Crippen LogP contribution in [0.4, 0.5) is 0 Å². The Bertz CT molecular complexity index is 1260. The van der Waals surface area contributed by atoms with Crippen LogP contribution < -0.4 is 10.2 Å². The van der Waals surface area contributed by atoms with E-state index in [9.17, 15) is 29.4 Å². The zero-order valence-corrected chi connectivity index (χ0v) is 20.2. The van der Waals surface area contributed by atoms with E-state index >= 15 is 0 Å². The van der Waals surface area contributed by atoms with Crippen molar-refractivity contribution >= 4 is 23.9 Å². The third-order valence-corrected chi connectivity index (χ3v) is 4.53. The Morgan fingerprint density at radius 2 is 0.757 bits per heavy atom. The molecule has 0 amide bonds. The van der Waals surface area contributed by atoms with Crippen LogP contribution in [0, 0.1) is 0 Å². The molecule has 0 aliphatic rings. The first kappa shape index (κ1) is 28.3. The maximum absolute atomic E-state index is 10.8. The largest absolute Gasteiger partial charge is 2.00 e. The Kier molecular flexibility index (Phi) is 9.73. The number of carbonyl (C=O) groups is 4. The van der Waals surface area contributed by atoms with Gasteiger partial charge in [0, 0.05) is 35.9 Å². The number of hydrogen-bond donors (Lipinski definition) is 2. The summed E-state index contributed by atoms with van der Waals surface area (Å²) < 4.78 is 0. The van der Waals surface area contributed by atoms with Crippen molar-refractivity contribution in [3.63, 3.8) is 0 Å². The normalized spacial score (nSPS) is 9.73. The average molecular weight is 587 g/mol. The predicted molar refractivity (Wildman–Crippen MR) is 118 cm³/mol. The summed E-state index contributed by atoms with van der Waals surface area (Å²) in [6.45, 7) is 0. The Morgan fingerprint density at radius 3 is 1.00 bits per heavy atom. The van der Waals surface area contributed by atoms with Crippen molar-refractivity contribution in [1.29, 1.82) is 0 Å². The smallest absolute Gasteiger partial charge is 0.545 e. The van der Waals surface area contributed by atoms with Crippen LogP contribution in [0.25, 0.3) is 22.8 Å². The van der Waals surface area contributed by atoms with Gasteiger partial charge in [0.15, 0.2) is 0 Å². The van der Waals surface area contributed by atoms with E-state index in [2.05, 4.69) is 19.9 Å². The van der Waals surface area contributed by atoms with E-state index in [1.54, 1.807) is 0 Å². The van der Waals surface area contributed by atoms with Crippen molar-refractivity contribution in [3.8, 4) is 22.8 Å². The molecule has 0 saturated heterocycles. The Balaban J connectivity index is 0.000000253. The molecule has 4 aromatic rings. The zero-order valence-electron chi connectivity index (χ0n) is 18.4. The van der Waals surface area contributed by atoms with E-state index in [0.717, 1.165) is 0 Å². The number of aromatic carboxylic acids is 4. The van der Waals surface area contributed by atoms with E-state index < -0.39 is 23.9 Å². The number of carboxylic acid groups (broad SMARTS) is 4. The van der Waals surface area contributed by atoms with Crippen molar-refractivity contribution in [2.45, 2.75) is 0 Å². The van der Waals surface area contributed by atoms with Crippen molar-refractivity contribution < 1.29 is 59.1 Å². The average Bonchev–Trinajstić information content (AvgIpc) is 2.89. The quantitative estimate of drug-likeness (QED) is 0.294. The molecule has 4 aromatic heterocycles. The number of nitrogens with zero attached hydrogens (tertiary/aromatic N) is 4. The van der Waals surface area contributed by atoms with E-state index in [-0.39, 0.29) is 53.1 Å². The minimum absolute atomic E-state index is 0. The predicted octanol–water partition coefficient (Wildman–Crippen LogP) is 0.408. The molecular formula is C24H14N4O8Ru. The number of carbonyl (C=O) groups excluding carboxylic acids is 2. The Labute approximate surface area is 221 Å². The van der Waals surface area contributed by atoms with E-state index in [1.807, 2.05) is 0 Å². The van der Waals surface area contributed by atoms with Crippen molar-refractivity contribution in [1.82, 2.24) is 19.9 Å². The molecule has 186 valence electrons. The van der Waals surface area contributed by atoms with E-state index in [1.165, 1.54) is 73.3 Å². The number of carboxylic acids is 4. The molecule has 0 bridgehead atoms. The SMILES string of the molecule is O=C(O)c1ccnc(-c2cc(C(=O)O)ccn2)c1.O=C([O-])c1ccnc(-c2cc(C(=O)[O-])ccn2)c1.[Ru+2]. The van der Waals surface area contributed by atoms with Crippen LogP contribution in [0.2, 0.25) is 0 Å². The second-order valence-electron chi connectivity index (χ2n) is 6.90. The van der Waals surface area contributed by atoms with Gasteiger partial charge < -0.3 is 30.0 Å². The first-order valence-corrected chi connectivity index (χ1v) is 9.90. The molecule has 13 heteroatoms. The molecule has 4 heterocycles. The van der Waals surface area contributed by atoms with Crippen molar-refractivity contribution in [2.75, 3.05) is 0 Å². The second kappa shape index (κ2) is 12.7.